The van der Waals surface area contributed by atoms with E-state index in [0.29, 0.717) is 0 Å². The first-order chi connectivity index (χ1) is 10.4. The third-order valence-electron chi connectivity index (χ3n) is 2.48. The molecule has 0 N–H and O–H groups in total. The summed E-state index contributed by atoms with van der Waals surface area (Å²) in [6.07, 6.45) is 0. The van der Waals surface area contributed by atoms with Crippen LogP contribution in [0.5, 0.6) is 0 Å². The zero-order valence-electron chi connectivity index (χ0n) is 18.7. The van der Waals surface area contributed by atoms with Gasteiger partial charge in [0.1, 0.15) is 0 Å². The summed E-state index contributed by atoms with van der Waals surface area (Å²) in [5.74, 6) is 0. The smallest absolute Gasteiger partial charge is 0.0239 e. The van der Waals surface area contributed by atoms with E-state index in [1.165, 1.54) is 12.1 Å². The van der Waals surface area contributed by atoms with Gasteiger partial charge in [0.2, 0.25) is 0 Å². The van der Waals surface area contributed by atoms with Crippen molar-refractivity contribution in [2.24, 2.45) is 0 Å². The molecule has 84 valence electrons. The van der Waals surface area contributed by atoms with Crippen molar-refractivity contribution in [3.05, 3.63) is 34.9 Å². The molecule has 0 aliphatic carbocycles. The molecule has 0 fully saturated rings. The van der Waals surface area contributed by atoms with Gasteiger partial charge in [0.25, 0.3) is 0 Å². The summed E-state index contributed by atoms with van der Waals surface area (Å²) in [7, 11) is 0. The maximum absolute atomic E-state index is 7.78. The second-order valence-corrected chi connectivity index (χ2v) is 5.03. The maximum Gasteiger partial charge on any atom is 0.0239 e. The molecule has 1 aromatic carbocycles. The van der Waals surface area contributed by atoms with E-state index in [9.17, 15) is 0 Å². The highest BCUT2D eigenvalue weighted by molar-refractivity contribution is 5.38. The largest absolute Gasteiger partial charge is 0.0587 e. The zero-order chi connectivity index (χ0) is 19.4. The van der Waals surface area contributed by atoms with Gasteiger partial charge in [-0.25, -0.2) is 0 Å². The third-order valence-corrected chi connectivity index (χ3v) is 2.48. The highest BCUT2D eigenvalue weighted by Crippen LogP contribution is 2.30. The predicted molar refractivity (Wildman–Crippen MR) is 68.6 cm³/mol. The minimum Gasteiger partial charge on any atom is -0.0587 e. The van der Waals surface area contributed by atoms with Crippen molar-refractivity contribution in [3.8, 4) is 0 Å². The number of rotatable bonds is 0. The van der Waals surface area contributed by atoms with Gasteiger partial charge in [0.15, 0.2) is 0 Å². The molecule has 1 rings (SSSR count). The molecule has 0 atom stereocenters. The molecule has 0 heterocycles. The molecule has 0 spiro atoms. The lowest BCUT2D eigenvalue weighted by molar-refractivity contribution is 0.566. The minimum absolute atomic E-state index is 0.196. The second-order valence-electron chi connectivity index (χ2n) is 5.03. The molecule has 1 aromatic rings. The first-order valence-electron chi connectivity index (χ1n) is 9.49. The quantitative estimate of drug-likeness (QED) is 0.591. The summed E-state index contributed by atoms with van der Waals surface area (Å²) in [5, 5.41) is 0. The Morgan fingerprint density at radius 3 is 2.07 bits per heavy atom. The summed E-state index contributed by atoms with van der Waals surface area (Å²) in [6.45, 7) is -2.15. The number of benzene rings is 1. The van der Waals surface area contributed by atoms with Crippen LogP contribution in [0.3, 0.4) is 0 Å². The van der Waals surface area contributed by atoms with Crippen LogP contribution in [0, 0.1) is 6.92 Å². The Labute approximate surface area is 107 Å². The Kier molecular flexibility index (Phi) is 1.13. The van der Waals surface area contributed by atoms with Crippen LogP contribution in [0.4, 0.5) is 0 Å². The lowest BCUT2D eigenvalue weighted by Gasteiger charge is -2.26. The molecule has 0 amide bonds. The van der Waals surface area contributed by atoms with Crippen LogP contribution >= 0.6 is 0 Å². The Morgan fingerprint density at radius 1 is 1.00 bits per heavy atom. The SMILES string of the molecule is [2H]C([2H])([2H])C(c1ccc(C)c(C(C)(C)C)c1)(C([2H])([2H])[2H])C([2H])([2H])[2H]. The summed E-state index contributed by atoms with van der Waals surface area (Å²) in [6, 6.07) is 4.34. The summed E-state index contributed by atoms with van der Waals surface area (Å²) in [4.78, 5) is 0. The lowest BCUT2D eigenvalue weighted by atomic mass is 9.79. The average Bonchev–Trinajstić information content (AvgIpc) is 2.24. The highest BCUT2D eigenvalue weighted by atomic mass is 14.2. The number of aryl methyl sites for hydroxylation is 1. The minimum atomic E-state index is -3.23. The third kappa shape index (κ3) is 2.84. The van der Waals surface area contributed by atoms with Crippen molar-refractivity contribution in [2.45, 2.75) is 59.1 Å². The number of hydrogen-bond acceptors (Lipinski definition) is 0. The second kappa shape index (κ2) is 3.66. The molecule has 0 aliphatic heterocycles. The van der Waals surface area contributed by atoms with E-state index in [4.69, 9.17) is 12.3 Å². The lowest BCUT2D eigenvalue weighted by Crippen LogP contribution is -2.17. The summed E-state index contributed by atoms with van der Waals surface area (Å²) < 4.78 is 70.0. The van der Waals surface area contributed by atoms with Crippen molar-refractivity contribution >= 4 is 0 Å². The maximum atomic E-state index is 7.78. The molecule has 0 unspecified atom stereocenters. The topological polar surface area (TPSA) is 0 Å². The molecule has 0 saturated heterocycles. The molecule has 15 heavy (non-hydrogen) atoms. The van der Waals surface area contributed by atoms with E-state index >= 15 is 0 Å². The predicted octanol–water partition coefficient (Wildman–Crippen LogP) is 4.59. The van der Waals surface area contributed by atoms with Crippen molar-refractivity contribution in [2.75, 3.05) is 0 Å². The van der Waals surface area contributed by atoms with E-state index in [-0.39, 0.29) is 11.0 Å². The van der Waals surface area contributed by atoms with Crippen LogP contribution in [0.15, 0.2) is 18.2 Å². The van der Waals surface area contributed by atoms with Crippen molar-refractivity contribution in [1.29, 1.82) is 0 Å². The molecule has 0 aromatic heterocycles. The Bertz CT molecular complexity index is 561. The van der Waals surface area contributed by atoms with Crippen LogP contribution < -0.4 is 0 Å². The van der Waals surface area contributed by atoms with Gasteiger partial charge in [-0.2, -0.15) is 0 Å². The van der Waals surface area contributed by atoms with E-state index in [0.717, 1.165) is 11.1 Å². The van der Waals surface area contributed by atoms with Gasteiger partial charge >= 0.3 is 0 Å². The van der Waals surface area contributed by atoms with E-state index in [1.54, 1.807) is 6.07 Å². The van der Waals surface area contributed by atoms with Crippen molar-refractivity contribution in [1.82, 2.24) is 0 Å². The average molecular weight is 213 g/mol. The molecular formula is C15H24. The van der Waals surface area contributed by atoms with Gasteiger partial charge in [-0.3, -0.25) is 0 Å². The van der Waals surface area contributed by atoms with Gasteiger partial charge in [-0.15, -0.1) is 0 Å². The Balaban J connectivity index is 3.96. The first kappa shape index (κ1) is 4.61. The normalized spacial score (nSPS) is 24.4. The molecular weight excluding hydrogens is 180 g/mol. The molecule has 0 radical (unpaired) electrons. The fraction of sp³-hybridized carbons (Fsp3) is 0.600. The van der Waals surface area contributed by atoms with Crippen LogP contribution in [-0.2, 0) is 10.8 Å². The fourth-order valence-corrected chi connectivity index (χ4v) is 1.66. The number of hydrogen-bond donors (Lipinski definition) is 0. The van der Waals surface area contributed by atoms with Crippen LogP contribution in [0.1, 0.15) is 70.4 Å². The van der Waals surface area contributed by atoms with Gasteiger partial charge in [-0.1, -0.05) is 59.5 Å². The molecule has 0 bridgehead atoms. The van der Waals surface area contributed by atoms with Gasteiger partial charge in [0.05, 0.1) is 0 Å². The van der Waals surface area contributed by atoms with Crippen LogP contribution in [0.25, 0.3) is 0 Å². The van der Waals surface area contributed by atoms with Crippen molar-refractivity contribution < 1.29 is 12.3 Å². The Hall–Kier alpha value is -0.780. The van der Waals surface area contributed by atoms with Gasteiger partial charge in [0, 0.05) is 12.3 Å². The fourth-order valence-electron chi connectivity index (χ4n) is 1.66. The molecule has 0 nitrogen and oxygen atoms in total. The van der Waals surface area contributed by atoms with E-state index in [2.05, 4.69) is 0 Å². The van der Waals surface area contributed by atoms with E-state index < -0.39 is 26.0 Å². The molecule has 0 saturated carbocycles. The van der Waals surface area contributed by atoms with Crippen LogP contribution in [-0.4, -0.2) is 0 Å². The first-order valence-corrected chi connectivity index (χ1v) is 4.99. The Morgan fingerprint density at radius 2 is 1.60 bits per heavy atom. The highest BCUT2D eigenvalue weighted by Gasteiger charge is 2.20. The van der Waals surface area contributed by atoms with Gasteiger partial charge in [-0.05, 0) is 34.4 Å². The molecule has 0 aliphatic rings. The van der Waals surface area contributed by atoms with Gasteiger partial charge < -0.3 is 0 Å². The van der Waals surface area contributed by atoms with Crippen LogP contribution in [0.2, 0.25) is 0 Å². The summed E-state index contributed by atoms with van der Waals surface area (Å²) >= 11 is 0. The zero-order valence-corrected chi connectivity index (χ0v) is 9.73. The standard InChI is InChI=1S/C15H24/c1-11-8-9-12(14(2,3)4)10-13(11)15(5,6)7/h8-10H,1-7H3/i2D3,3D3,4D3. The van der Waals surface area contributed by atoms with E-state index in [1.807, 2.05) is 27.7 Å². The molecule has 0 heteroatoms. The summed E-state index contributed by atoms with van der Waals surface area (Å²) in [5.41, 5.74) is -1.95. The van der Waals surface area contributed by atoms with Crippen molar-refractivity contribution in [3.63, 3.8) is 0 Å². The monoisotopic (exact) mass is 213 g/mol.